The Bertz CT molecular complexity index is 3690. The normalized spacial score (nSPS) is 11.4. The van der Waals surface area contributed by atoms with Crippen molar-refractivity contribution < 1.29 is 33.5 Å². The van der Waals surface area contributed by atoms with E-state index in [-0.39, 0.29) is 0 Å². The lowest BCUT2D eigenvalue weighted by Gasteiger charge is -2.36. The van der Waals surface area contributed by atoms with E-state index in [2.05, 4.69) is 353 Å². The van der Waals surface area contributed by atoms with Gasteiger partial charge in [-0.25, -0.2) is 0 Å². The smallest absolute Gasteiger partial charge is 0.118 e. The molecule has 0 saturated carbocycles. The average molecular weight is 1370 g/mol. The van der Waals surface area contributed by atoms with Gasteiger partial charge in [0.15, 0.2) is 0 Å². The molecule has 7 nitrogen and oxygen atoms in total. The fraction of sp³-hybridized carbons (Fsp3) is 0.172. The van der Waals surface area contributed by atoms with Gasteiger partial charge in [-0.15, -0.1) is 0 Å². The van der Waals surface area contributed by atoms with E-state index in [9.17, 15) is 0 Å². The zero-order valence-corrected chi connectivity index (χ0v) is 62.1. The lowest BCUT2D eigenvalue weighted by molar-refractivity contribution is -0.432. The number of rotatable bonds is 18. The lowest BCUT2D eigenvalue weighted by Crippen LogP contribution is -2.32. The van der Waals surface area contributed by atoms with Crippen LogP contribution in [0.15, 0.2) is 291 Å². The molecule has 0 heterocycles. The standard InChI is InChI=1S/3C29H30OP.H3O4P/c3*1-22-5-15-27(16-6-22)31(28-17-7-23(2)8-18-28,29-19-9-24(3)10-20-29)21-25-11-13-26(30-4)14-12-25;1-5(2,3)4/h3*5-20H,21H2,1-4H3;(H3,1,2,3,4)/q3*+1;/p-3. The number of aryl methyl sites for hydroxylation is 9. The Hall–Kier alpha value is -8.56. The molecule has 0 bridgehead atoms. The molecule has 500 valence electrons. The molecule has 0 amide bonds. The van der Waals surface area contributed by atoms with Crippen LogP contribution in [0.2, 0.25) is 0 Å². The fourth-order valence-corrected chi connectivity index (χ4v) is 24.9. The summed E-state index contributed by atoms with van der Waals surface area (Å²) in [4.78, 5) is 25.6. The summed E-state index contributed by atoms with van der Waals surface area (Å²) in [6, 6.07) is 108. The van der Waals surface area contributed by atoms with Crippen LogP contribution in [0.3, 0.4) is 0 Å². The van der Waals surface area contributed by atoms with Crippen molar-refractivity contribution in [3.05, 3.63) is 358 Å². The number of ether oxygens (including phenoxy) is 3. The second kappa shape index (κ2) is 33.8. The van der Waals surface area contributed by atoms with Crippen molar-refractivity contribution in [1.29, 1.82) is 0 Å². The Labute approximate surface area is 584 Å². The van der Waals surface area contributed by atoms with Gasteiger partial charge in [0.1, 0.15) is 86.8 Å². The van der Waals surface area contributed by atoms with Gasteiger partial charge in [0.05, 0.1) is 39.8 Å². The summed E-state index contributed by atoms with van der Waals surface area (Å²) in [7, 11) is -5.93. The summed E-state index contributed by atoms with van der Waals surface area (Å²) in [5.41, 5.74) is 15.6. The maximum Gasteiger partial charge on any atom is 0.118 e. The first-order valence-corrected chi connectivity index (χ1v) is 40.3. The number of methoxy groups -OCH3 is 3. The number of hydrogen-bond donors (Lipinski definition) is 0. The minimum Gasteiger partial charge on any atom is -0.822 e. The van der Waals surface area contributed by atoms with E-state index in [1.165, 1.54) is 115 Å². The first kappa shape index (κ1) is 73.7. The molecule has 12 rings (SSSR count). The third-order valence-electron chi connectivity index (χ3n) is 18.0. The van der Waals surface area contributed by atoms with E-state index in [0.29, 0.717) is 0 Å². The van der Waals surface area contributed by atoms with Gasteiger partial charge >= 0.3 is 0 Å². The van der Waals surface area contributed by atoms with Crippen molar-refractivity contribution in [1.82, 2.24) is 0 Å². The van der Waals surface area contributed by atoms with Gasteiger partial charge in [-0.1, -0.05) is 196 Å². The van der Waals surface area contributed by atoms with Gasteiger partial charge in [0.25, 0.3) is 0 Å². The van der Waals surface area contributed by atoms with Crippen LogP contribution in [-0.4, -0.2) is 21.3 Å². The predicted octanol–water partition coefficient (Wildman–Crippen LogP) is 15.5. The highest BCUT2D eigenvalue weighted by molar-refractivity contribution is 7.96. The summed E-state index contributed by atoms with van der Waals surface area (Å²) in [5.74, 6) is 2.69. The van der Waals surface area contributed by atoms with Gasteiger partial charge in [-0.05, 0) is 225 Å². The molecule has 12 aromatic rings. The Morgan fingerprint density at radius 1 is 0.224 bits per heavy atom. The zero-order valence-electron chi connectivity index (χ0n) is 58.5. The van der Waals surface area contributed by atoms with E-state index in [1.54, 1.807) is 21.3 Å². The highest BCUT2D eigenvalue weighted by Gasteiger charge is 2.48. The van der Waals surface area contributed by atoms with Crippen LogP contribution in [0, 0.1) is 62.3 Å². The Balaban J connectivity index is 0.000000166. The molecule has 0 N–H and O–H groups in total. The average Bonchev–Trinajstić information content (AvgIpc) is 0.764. The van der Waals surface area contributed by atoms with E-state index in [1.807, 2.05) is 0 Å². The highest BCUT2D eigenvalue weighted by atomic mass is 31.2. The summed E-state index contributed by atoms with van der Waals surface area (Å²) in [6.07, 6.45) is 2.94. The molecule has 0 aliphatic carbocycles. The predicted molar refractivity (Wildman–Crippen MR) is 416 cm³/mol. The van der Waals surface area contributed by atoms with Crippen molar-refractivity contribution >= 4 is 77.4 Å². The molecular formula is C87H90O7P4. The van der Waals surface area contributed by atoms with E-state index < -0.39 is 29.6 Å². The molecule has 0 unspecified atom stereocenters. The topological polar surface area (TPSA) is 114 Å². The largest absolute Gasteiger partial charge is 0.822 e. The van der Waals surface area contributed by atoms with Crippen LogP contribution in [0.5, 0.6) is 17.2 Å². The first-order valence-electron chi connectivity index (χ1n) is 32.9. The van der Waals surface area contributed by atoms with Gasteiger partial charge in [-0.2, -0.15) is 7.82 Å². The lowest BCUT2D eigenvalue weighted by atomic mass is 10.2. The Kier molecular flexibility index (Phi) is 25.4. The molecule has 0 radical (unpaired) electrons. The molecular weight excluding hydrogens is 1280 g/mol. The monoisotopic (exact) mass is 1370 g/mol. The summed E-state index contributed by atoms with van der Waals surface area (Å²) < 4.78 is 24.8. The van der Waals surface area contributed by atoms with Gasteiger partial charge in [0, 0.05) is 0 Å². The maximum absolute atomic E-state index is 8.55. The Morgan fingerprint density at radius 3 is 0.439 bits per heavy atom. The van der Waals surface area contributed by atoms with Crippen LogP contribution in [0.25, 0.3) is 0 Å². The SMILES string of the molecule is COc1ccc(C[P+](c2ccc(C)cc2)(c2ccc(C)cc2)c2ccc(C)cc2)cc1.COc1ccc(C[P+](c2ccc(C)cc2)(c2ccc(C)cc2)c2ccc(C)cc2)cc1.COc1ccc(C[P+](c2ccc(C)cc2)(c2ccc(C)cc2)c2ccc(C)cc2)cc1.O=P([O-])([O-])[O-]. The maximum atomic E-state index is 8.55. The van der Waals surface area contributed by atoms with Crippen molar-refractivity contribution in [3.8, 4) is 17.2 Å². The molecule has 98 heavy (non-hydrogen) atoms. The van der Waals surface area contributed by atoms with Gasteiger partial charge in [0.2, 0.25) is 0 Å². The highest BCUT2D eigenvalue weighted by Crippen LogP contribution is 2.61. The van der Waals surface area contributed by atoms with Crippen molar-refractivity contribution in [2.24, 2.45) is 0 Å². The summed E-state index contributed by atoms with van der Waals surface area (Å²) >= 11 is 0. The third-order valence-corrected chi connectivity index (χ3v) is 31.1. The minimum atomic E-state index is -5.39. The molecule has 11 heteroatoms. The molecule has 0 aliphatic rings. The van der Waals surface area contributed by atoms with Gasteiger partial charge in [-0.3, -0.25) is 0 Å². The molecule has 0 aliphatic heterocycles. The number of phosphoric acid groups is 1. The molecule has 0 saturated heterocycles. The summed E-state index contributed by atoms with van der Waals surface area (Å²) in [5, 5.41) is 12.8. The van der Waals surface area contributed by atoms with Crippen molar-refractivity contribution in [3.63, 3.8) is 0 Å². The molecule has 12 aromatic carbocycles. The fourth-order valence-electron chi connectivity index (χ4n) is 12.4. The first-order chi connectivity index (χ1) is 47.0. The van der Waals surface area contributed by atoms with Crippen LogP contribution in [0.4, 0.5) is 0 Å². The number of benzene rings is 12. The number of hydrogen-bond acceptors (Lipinski definition) is 7. The van der Waals surface area contributed by atoms with Crippen molar-refractivity contribution in [2.75, 3.05) is 21.3 Å². The van der Waals surface area contributed by atoms with E-state index >= 15 is 0 Å². The Morgan fingerprint density at radius 2 is 0.337 bits per heavy atom. The van der Waals surface area contributed by atoms with Crippen LogP contribution < -0.4 is 76.6 Å². The van der Waals surface area contributed by atoms with Crippen LogP contribution in [0.1, 0.15) is 66.8 Å². The second-order valence-corrected chi connectivity index (χ2v) is 36.8. The second-order valence-electron chi connectivity index (χ2n) is 25.4. The quantitative estimate of drug-likeness (QED) is 0.0786. The molecule has 0 spiro atoms. The third kappa shape index (κ3) is 18.8. The molecule has 0 aromatic heterocycles. The molecule has 0 atom stereocenters. The van der Waals surface area contributed by atoms with Crippen LogP contribution >= 0.6 is 29.6 Å². The van der Waals surface area contributed by atoms with Crippen LogP contribution in [-0.2, 0) is 23.1 Å². The summed E-state index contributed by atoms with van der Waals surface area (Å²) in [6.45, 7) is 19.4. The zero-order chi connectivity index (χ0) is 70.0. The van der Waals surface area contributed by atoms with Gasteiger partial charge < -0.3 is 33.5 Å². The molecule has 0 fully saturated rings. The van der Waals surface area contributed by atoms with E-state index in [4.69, 9.17) is 33.5 Å². The van der Waals surface area contributed by atoms with E-state index in [0.717, 1.165) is 35.7 Å². The van der Waals surface area contributed by atoms with Crippen molar-refractivity contribution in [2.45, 2.75) is 80.8 Å². The minimum absolute atomic E-state index is 0.897.